The van der Waals surface area contributed by atoms with Crippen LogP contribution in [0.2, 0.25) is 0 Å². The van der Waals surface area contributed by atoms with E-state index in [0.29, 0.717) is 0 Å². The van der Waals surface area contributed by atoms with Crippen LogP contribution in [-0.2, 0) is 6.54 Å². The first-order chi connectivity index (χ1) is 9.33. The summed E-state index contributed by atoms with van der Waals surface area (Å²) in [5.41, 5.74) is 1.19. The Hall–Kier alpha value is -0.610. The first-order valence-corrected chi connectivity index (χ1v) is 8.61. The molecule has 0 radical (unpaired) electrons. The van der Waals surface area contributed by atoms with Crippen molar-refractivity contribution in [3.8, 4) is 0 Å². The molecule has 1 N–H and O–H groups in total. The second-order valence-electron chi connectivity index (χ2n) is 5.47. The molecular weight excluding hydrogens is 254 g/mol. The van der Waals surface area contributed by atoms with Gasteiger partial charge in [-0.15, -0.1) is 11.3 Å². The first kappa shape index (κ1) is 14.8. The van der Waals surface area contributed by atoms with Crippen LogP contribution in [0.1, 0.15) is 51.6 Å². The number of hydrogen-bond acceptors (Lipinski definition) is 4. The summed E-state index contributed by atoms with van der Waals surface area (Å²) >= 11 is 1.81. The van der Waals surface area contributed by atoms with Crippen LogP contribution in [0.5, 0.6) is 0 Å². The molecule has 2 rings (SSSR count). The second-order valence-corrected chi connectivity index (χ2v) is 6.31. The summed E-state index contributed by atoms with van der Waals surface area (Å²) in [6.07, 6.45) is 6.80. The predicted octanol–water partition coefficient (Wildman–Crippen LogP) is 3.66. The van der Waals surface area contributed by atoms with Gasteiger partial charge in [0.05, 0.1) is 5.69 Å². The van der Waals surface area contributed by atoms with Gasteiger partial charge in [-0.1, -0.05) is 26.7 Å². The largest absolute Gasteiger partial charge is 0.348 e. The quantitative estimate of drug-likeness (QED) is 0.862. The summed E-state index contributed by atoms with van der Waals surface area (Å²) in [5, 5.41) is 6.77. The summed E-state index contributed by atoms with van der Waals surface area (Å²) in [4.78, 5) is 7.26. The Balaban J connectivity index is 1.88. The van der Waals surface area contributed by atoms with Gasteiger partial charge in [0.15, 0.2) is 5.13 Å². The number of nitrogens with one attached hydrogen (secondary N) is 1. The summed E-state index contributed by atoms with van der Waals surface area (Å²) in [6.45, 7) is 8.73. The van der Waals surface area contributed by atoms with Gasteiger partial charge in [0, 0.05) is 25.0 Å². The van der Waals surface area contributed by atoms with E-state index < -0.39 is 0 Å². The van der Waals surface area contributed by atoms with E-state index in [0.717, 1.165) is 19.0 Å². The second kappa shape index (κ2) is 7.85. The van der Waals surface area contributed by atoms with E-state index in [4.69, 9.17) is 4.98 Å². The molecule has 0 spiro atoms. The molecule has 2 heterocycles. The van der Waals surface area contributed by atoms with E-state index in [9.17, 15) is 0 Å². The van der Waals surface area contributed by atoms with E-state index in [1.54, 1.807) is 11.3 Å². The van der Waals surface area contributed by atoms with Gasteiger partial charge in [-0.3, -0.25) is 0 Å². The highest BCUT2D eigenvalue weighted by molar-refractivity contribution is 7.13. The maximum absolute atomic E-state index is 4.77. The standard InChI is InChI=1S/C15H27N3S/c1-3-6-13-7-5-9-18(10-8-13)15-17-14(12-19-15)11-16-4-2/h12-13,16H,3-11H2,1-2H3. The number of thiazole rings is 1. The van der Waals surface area contributed by atoms with Crippen LogP contribution in [0.15, 0.2) is 5.38 Å². The number of rotatable bonds is 6. The number of anilines is 1. The highest BCUT2D eigenvalue weighted by atomic mass is 32.1. The van der Waals surface area contributed by atoms with Crippen LogP contribution in [0, 0.1) is 5.92 Å². The van der Waals surface area contributed by atoms with E-state index >= 15 is 0 Å². The van der Waals surface area contributed by atoms with Crippen LogP contribution >= 0.6 is 11.3 Å². The molecule has 1 atom stereocenters. The Kier molecular flexibility index (Phi) is 6.11. The highest BCUT2D eigenvalue weighted by Crippen LogP contribution is 2.27. The zero-order chi connectivity index (χ0) is 13.5. The molecule has 0 aromatic carbocycles. The minimum absolute atomic E-state index is 0.902. The van der Waals surface area contributed by atoms with Crippen molar-refractivity contribution in [3.05, 3.63) is 11.1 Å². The Morgan fingerprint density at radius 3 is 3.05 bits per heavy atom. The molecule has 19 heavy (non-hydrogen) atoms. The third-order valence-corrected chi connectivity index (χ3v) is 4.86. The van der Waals surface area contributed by atoms with Crippen molar-refractivity contribution in [2.24, 2.45) is 5.92 Å². The lowest BCUT2D eigenvalue weighted by atomic mass is 9.96. The van der Waals surface area contributed by atoms with Crippen molar-refractivity contribution in [2.45, 2.75) is 52.5 Å². The molecule has 0 bridgehead atoms. The SMILES string of the molecule is CCCC1CCCN(c2nc(CNCC)cs2)CC1. The van der Waals surface area contributed by atoms with Crippen molar-refractivity contribution in [2.75, 3.05) is 24.5 Å². The van der Waals surface area contributed by atoms with E-state index in [1.807, 2.05) is 0 Å². The van der Waals surface area contributed by atoms with E-state index in [1.165, 1.54) is 56.0 Å². The van der Waals surface area contributed by atoms with Crippen LogP contribution < -0.4 is 10.2 Å². The average molecular weight is 281 g/mol. The van der Waals surface area contributed by atoms with Crippen molar-refractivity contribution < 1.29 is 0 Å². The van der Waals surface area contributed by atoms with Gasteiger partial charge >= 0.3 is 0 Å². The topological polar surface area (TPSA) is 28.2 Å². The molecule has 1 aromatic heterocycles. The van der Waals surface area contributed by atoms with Crippen molar-refractivity contribution in [3.63, 3.8) is 0 Å². The Morgan fingerprint density at radius 1 is 1.37 bits per heavy atom. The van der Waals surface area contributed by atoms with Crippen LogP contribution in [-0.4, -0.2) is 24.6 Å². The molecule has 0 amide bonds. The summed E-state index contributed by atoms with van der Waals surface area (Å²) in [6, 6.07) is 0. The molecule has 108 valence electrons. The zero-order valence-corrected chi connectivity index (χ0v) is 13.1. The Morgan fingerprint density at radius 2 is 2.26 bits per heavy atom. The maximum atomic E-state index is 4.77. The minimum atomic E-state index is 0.902. The molecule has 0 saturated carbocycles. The molecule has 4 heteroatoms. The molecule has 1 saturated heterocycles. The Bertz CT molecular complexity index is 364. The number of nitrogens with zero attached hydrogens (tertiary/aromatic N) is 2. The third kappa shape index (κ3) is 4.46. The fourth-order valence-electron chi connectivity index (χ4n) is 2.83. The van der Waals surface area contributed by atoms with Gasteiger partial charge in [-0.2, -0.15) is 0 Å². The fraction of sp³-hybridized carbons (Fsp3) is 0.800. The molecule has 1 aromatic rings. The van der Waals surface area contributed by atoms with Gasteiger partial charge in [-0.25, -0.2) is 4.98 Å². The summed E-state index contributed by atoms with van der Waals surface area (Å²) in [5.74, 6) is 0.941. The van der Waals surface area contributed by atoms with Gasteiger partial charge in [0.2, 0.25) is 0 Å². The van der Waals surface area contributed by atoms with Crippen LogP contribution in [0.4, 0.5) is 5.13 Å². The number of hydrogen-bond donors (Lipinski definition) is 1. The van der Waals surface area contributed by atoms with Gasteiger partial charge < -0.3 is 10.2 Å². The minimum Gasteiger partial charge on any atom is -0.348 e. The molecule has 1 unspecified atom stereocenters. The molecule has 1 aliphatic rings. The van der Waals surface area contributed by atoms with Crippen molar-refractivity contribution in [1.29, 1.82) is 0 Å². The van der Waals surface area contributed by atoms with Gasteiger partial charge in [0.25, 0.3) is 0 Å². The molecule has 0 aliphatic carbocycles. The lowest BCUT2D eigenvalue weighted by Crippen LogP contribution is -2.24. The summed E-state index contributed by atoms with van der Waals surface area (Å²) < 4.78 is 0. The van der Waals surface area contributed by atoms with E-state index in [2.05, 4.69) is 29.4 Å². The number of aromatic nitrogens is 1. The lowest BCUT2D eigenvalue weighted by molar-refractivity contribution is 0.435. The van der Waals surface area contributed by atoms with Gasteiger partial charge in [-0.05, 0) is 31.7 Å². The van der Waals surface area contributed by atoms with Gasteiger partial charge in [0.1, 0.15) is 0 Å². The molecule has 3 nitrogen and oxygen atoms in total. The van der Waals surface area contributed by atoms with Crippen molar-refractivity contribution in [1.82, 2.24) is 10.3 Å². The zero-order valence-electron chi connectivity index (χ0n) is 12.3. The summed E-state index contributed by atoms with van der Waals surface area (Å²) in [7, 11) is 0. The smallest absolute Gasteiger partial charge is 0.185 e. The molecular formula is C15H27N3S. The fourth-order valence-corrected chi connectivity index (χ4v) is 3.71. The maximum Gasteiger partial charge on any atom is 0.185 e. The van der Waals surface area contributed by atoms with E-state index in [-0.39, 0.29) is 0 Å². The lowest BCUT2D eigenvalue weighted by Gasteiger charge is -2.19. The van der Waals surface area contributed by atoms with Crippen LogP contribution in [0.3, 0.4) is 0 Å². The highest BCUT2D eigenvalue weighted by Gasteiger charge is 2.18. The van der Waals surface area contributed by atoms with Crippen LogP contribution in [0.25, 0.3) is 0 Å². The predicted molar refractivity (Wildman–Crippen MR) is 84.0 cm³/mol. The first-order valence-electron chi connectivity index (χ1n) is 7.73. The van der Waals surface area contributed by atoms with Crippen molar-refractivity contribution >= 4 is 16.5 Å². The Labute approximate surface area is 121 Å². The third-order valence-electron chi connectivity index (χ3n) is 3.91. The normalized spacial score (nSPS) is 20.5. The molecule has 1 aliphatic heterocycles. The molecule has 1 fully saturated rings. The monoisotopic (exact) mass is 281 g/mol. The average Bonchev–Trinajstić information content (AvgIpc) is 2.77.